The van der Waals surface area contributed by atoms with Gasteiger partial charge in [-0.1, -0.05) is 15.9 Å². The Bertz CT molecular complexity index is 70.0. The summed E-state index contributed by atoms with van der Waals surface area (Å²) in [5.41, 5.74) is 0. The minimum Gasteiger partial charge on any atom is -0.375 e. The molecule has 0 saturated carbocycles. The minimum atomic E-state index is -0.189. The average Bonchev–Trinajstić information content (AvgIpc) is 1.89. The molecule has 0 aromatic heterocycles. The lowest BCUT2D eigenvalue weighted by Crippen LogP contribution is -2.13. The van der Waals surface area contributed by atoms with Crippen molar-refractivity contribution in [1.82, 2.24) is 0 Å². The number of ether oxygens (including phenoxy) is 2. The maximum atomic E-state index is 9.89. The monoisotopic (exact) mass is 211 g/mol. The van der Waals surface area contributed by atoms with E-state index in [0.29, 0.717) is 13.2 Å². The highest BCUT2D eigenvalue weighted by atomic mass is 79.9. The van der Waals surface area contributed by atoms with Crippen LogP contribution in [0.4, 0.5) is 0 Å². The summed E-state index contributed by atoms with van der Waals surface area (Å²) in [6.45, 7) is 3.07. The van der Waals surface area contributed by atoms with Crippen LogP contribution in [-0.4, -0.2) is 31.4 Å². The lowest BCUT2D eigenvalue weighted by atomic mass is 10.7. The standard InChI is InChI=1S/C6H12BrO3/c1-2-10-6(7)5-9-4-3-8/h6H,2-5H2,1H3. The van der Waals surface area contributed by atoms with E-state index in [9.17, 15) is 5.11 Å². The molecular formula is C6H12BrO3. The van der Waals surface area contributed by atoms with Crippen molar-refractivity contribution in [2.24, 2.45) is 0 Å². The first-order valence-electron chi connectivity index (χ1n) is 3.22. The van der Waals surface area contributed by atoms with Gasteiger partial charge in [-0.15, -0.1) is 0 Å². The summed E-state index contributed by atoms with van der Waals surface area (Å²) in [6, 6.07) is 0. The van der Waals surface area contributed by atoms with Crippen LogP contribution in [0.25, 0.3) is 0 Å². The highest BCUT2D eigenvalue weighted by Gasteiger charge is 2.00. The van der Waals surface area contributed by atoms with Crippen molar-refractivity contribution in [2.75, 3.05) is 26.4 Å². The first-order chi connectivity index (χ1) is 4.81. The van der Waals surface area contributed by atoms with Crippen LogP contribution in [0.1, 0.15) is 6.92 Å². The zero-order valence-corrected chi connectivity index (χ0v) is 7.59. The summed E-state index contributed by atoms with van der Waals surface area (Å²) < 4.78 is 9.99. The second-order valence-corrected chi connectivity index (χ2v) is 2.67. The van der Waals surface area contributed by atoms with Crippen LogP contribution in [-0.2, 0) is 14.6 Å². The number of alkyl halides is 1. The predicted octanol–water partition coefficient (Wildman–Crippen LogP) is 1.19. The van der Waals surface area contributed by atoms with Crippen molar-refractivity contribution < 1.29 is 14.6 Å². The third-order valence-electron chi connectivity index (χ3n) is 0.824. The van der Waals surface area contributed by atoms with Gasteiger partial charge in [-0.05, 0) is 6.92 Å². The van der Waals surface area contributed by atoms with E-state index in [-0.39, 0.29) is 18.2 Å². The zero-order valence-electron chi connectivity index (χ0n) is 6.01. The van der Waals surface area contributed by atoms with Crippen LogP contribution < -0.4 is 0 Å². The fourth-order valence-corrected chi connectivity index (χ4v) is 0.915. The van der Waals surface area contributed by atoms with Crippen LogP contribution in [0.3, 0.4) is 0 Å². The van der Waals surface area contributed by atoms with Gasteiger partial charge in [0.15, 0.2) is 0 Å². The Hall–Kier alpha value is 0.360. The number of hydrogen-bond acceptors (Lipinski definition) is 2. The lowest BCUT2D eigenvalue weighted by molar-refractivity contribution is 0.0134. The second kappa shape index (κ2) is 7.47. The first-order valence-corrected chi connectivity index (χ1v) is 4.14. The van der Waals surface area contributed by atoms with Crippen LogP contribution >= 0.6 is 15.9 Å². The van der Waals surface area contributed by atoms with Gasteiger partial charge in [0.2, 0.25) is 0 Å². The van der Waals surface area contributed by atoms with Crippen LogP contribution in [0.5, 0.6) is 0 Å². The molecule has 0 aliphatic carbocycles. The topological polar surface area (TPSA) is 38.4 Å². The molecule has 0 rings (SSSR count). The average molecular weight is 212 g/mol. The molecule has 1 atom stereocenters. The van der Waals surface area contributed by atoms with Crippen molar-refractivity contribution in [3.8, 4) is 0 Å². The zero-order chi connectivity index (χ0) is 7.82. The Morgan fingerprint density at radius 1 is 1.60 bits per heavy atom. The molecular weight excluding hydrogens is 200 g/mol. The Morgan fingerprint density at radius 2 is 2.30 bits per heavy atom. The van der Waals surface area contributed by atoms with Gasteiger partial charge in [-0.3, -0.25) is 0 Å². The molecule has 0 aliphatic rings. The summed E-state index contributed by atoms with van der Waals surface area (Å²) in [5, 5.41) is 9.81. The summed E-state index contributed by atoms with van der Waals surface area (Å²) in [5.74, 6) is 0. The van der Waals surface area contributed by atoms with E-state index in [1.54, 1.807) is 0 Å². The first kappa shape index (κ1) is 10.4. The second-order valence-electron chi connectivity index (χ2n) is 1.64. The molecule has 0 saturated heterocycles. The number of halogens is 1. The smallest absolute Gasteiger partial charge is 0.135 e. The number of hydrogen-bond donors (Lipinski definition) is 0. The molecule has 0 aromatic carbocycles. The van der Waals surface area contributed by atoms with Gasteiger partial charge in [0, 0.05) is 6.61 Å². The SMILES string of the molecule is CCOC(Br)COCC[O]. The Morgan fingerprint density at radius 3 is 2.80 bits per heavy atom. The lowest BCUT2D eigenvalue weighted by Gasteiger charge is -2.08. The molecule has 3 nitrogen and oxygen atoms in total. The van der Waals surface area contributed by atoms with E-state index in [1.807, 2.05) is 6.92 Å². The predicted molar refractivity (Wildman–Crippen MR) is 40.7 cm³/mol. The summed E-state index contributed by atoms with van der Waals surface area (Å²) in [4.78, 5) is 0. The van der Waals surface area contributed by atoms with Crippen LogP contribution in [0.2, 0.25) is 0 Å². The van der Waals surface area contributed by atoms with Gasteiger partial charge in [0.1, 0.15) is 11.6 Å². The van der Waals surface area contributed by atoms with Gasteiger partial charge >= 0.3 is 0 Å². The van der Waals surface area contributed by atoms with Crippen molar-refractivity contribution in [3.05, 3.63) is 0 Å². The molecule has 0 aliphatic heterocycles. The normalized spacial score (nSPS) is 13.5. The molecule has 0 spiro atoms. The quantitative estimate of drug-likeness (QED) is 0.490. The van der Waals surface area contributed by atoms with Crippen molar-refractivity contribution in [3.63, 3.8) is 0 Å². The third kappa shape index (κ3) is 6.48. The highest BCUT2D eigenvalue weighted by molar-refractivity contribution is 9.09. The summed E-state index contributed by atoms with van der Waals surface area (Å²) in [7, 11) is 0. The van der Waals surface area contributed by atoms with Gasteiger partial charge in [0.05, 0.1) is 13.2 Å². The fourth-order valence-electron chi connectivity index (χ4n) is 0.464. The van der Waals surface area contributed by atoms with Crippen molar-refractivity contribution >= 4 is 15.9 Å². The van der Waals surface area contributed by atoms with Crippen LogP contribution in [0, 0.1) is 0 Å². The molecule has 0 fully saturated rings. The molecule has 0 heterocycles. The molecule has 0 N–H and O–H groups in total. The molecule has 0 aromatic rings. The highest BCUT2D eigenvalue weighted by Crippen LogP contribution is 2.01. The Labute approximate surface area is 69.5 Å². The molecule has 1 radical (unpaired) electrons. The maximum Gasteiger partial charge on any atom is 0.135 e. The molecule has 4 heteroatoms. The van der Waals surface area contributed by atoms with E-state index in [4.69, 9.17) is 9.47 Å². The van der Waals surface area contributed by atoms with Gasteiger partial charge in [0.25, 0.3) is 0 Å². The summed E-state index contributed by atoms with van der Waals surface area (Å²) >= 11 is 3.22. The van der Waals surface area contributed by atoms with E-state index >= 15 is 0 Å². The van der Waals surface area contributed by atoms with E-state index < -0.39 is 0 Å². The van der Waals surface area contributed by atoms with Crippen molar-refractivity contribution in [2.45, 2.75) is 11.9 Å². The Balaban J connectivity index is 2.97. The molecule has 61 valence electrons. The van der Waals surface area contributed by atoms with Gasteiger partial charge in [-0.2, -0.15) is 0 Å². The third-order valence-corrected chi connectivity index (χ3v) is 1.35. The minimum absolute atomic E-state index is 0.0796. The maximum absolute atomic E-state index is 9.89. The van der Waals surface area contributed by atoms with E-state index in [0.717, 1.165) is 0 Å². The fraction of sp³-hybridized carbons (Fsp3) is 1.00. The van der Waals surface area contributed by atoms with E-state index in [2.05, 4.69) is 15.9 Å². The summed E-state index contributed by atoms with van der Waals surface area (Å²) in [6.07, 6.45) is 0. The van der Waals surface area contributed by atoms with Gasteiger partial charge < -0.3 is 9.47 Å². The van der Waals surface area contributed by atoms with Gasteiger partial charge in [-0.25, -0.2) is 5.11 Å². The molecule has 10 heavy (non-hydrogen) atoms. The molecule has 0 amide bonds. The van der Waals surface area contributed by atoms with E-state index in [1.165, 1.54) is 0 Å². The van der Waals surface area contributed by atoms with Crippen LogP contribution in [0.15, 0.2) is 0 Å². The van der Waals surface area contributed by atoms with Crippen molar-refractivity contribution in [1.29, 1.82) is 0 Å². The number of rotatable bonds is 6. The molecule has 1 unspecified atom stereocenters. The Kier molecular flexibility index (Phi) is 7.74. The molecule has 0 bridgehead atoms. The largest absolute Gasteiger partial charge is 0.375 e.